The highest BCUT2D eigenvalue weighted by atomic mass is 16.6. The Labute approximate surface area is 226 Å². The third-order valence-corrected chi connectivity index (χ3v) is 6.23. The van der Waals surface area contributed by atoms with Crippen LogP contribution in [-0.2, 0) is 20.9 Å². The van der Waals surface area contributed by atoms with E-state index >= 15 is 0 Å². The summed E-state index contributed by atoms with van der Waals surface area (Å²) in [6, 6.07) is 18.4. The number of nitrogens with one attached hydrogen (secondary N) is 1. The first kappa shape index (κ1) is 29.0. The normalized spacial score (nSPS) is 14.7. The van der Waals surface area contributed by atoms with E-state index < -0.39 is 11.7 Å². The van der Waals surface area contributed by atoms with Crippen molar-refractivity contribution in [2.24, 2.45) is 5.92 Å². The lowest BCUT2D eigenvalue weighted by Gasteiger charge is -2.37. The van der Waals surface area contributed by atoms with Gasteiger partial charge < -0.3 is 24.6 Å². The first-order valence-electron chi connectivity index (χ1n) is 13.2. The van der Waals surface area contributed by atoms with Crippen LogP contribution in [0.4, 0.5) is 10.5 Å². The molecule has 0 bridgehead atoms. The van der Waals surface area contributed by atoms with Gasteiger partial charge in [0.05, 0.1) is 12.7 Å². The van der Waals surface area contributed by atoms with Crippen LogP contribution in [0.2, 0.25) is 0 Å². The molecule has 38 heavy (non-hydrogen) atoms. The number of carbonyl (C=O) groups excluding carboxylic acids is 2. The fourth-order valence-corrected chi connectivity index (χ4v) is 4.38. The summed E-state index contributed by atoms with van der Waals surface area (Å²) in [7, 11) is 0. The predicted molar refractivity (Wildman–Crippen MR) is 149 cm³/mol. The van der Waals surface area contributed by atoms with Crippen LogP contribution in [0.5, 0.6) is 0 Å². The minimum Gasteiger partial charge on any atom is -0.444 e. The van der Waals surface area contributed by atoms with Crippen LogP contribution >= 0.6 is 0 Å². The van der Waals surface area contributed by atoms with Crippen molar-refractivity contribution >= 4 is 17.7 Å². The van der Waals surface area contributed by atoms with Crippen molar-refractivity contribution in [3.05, 3.63) is 54.1 Å². The van der Waals surface area contributed by atoms with E-state index in [2.05, 4.69) is 40.5 Å². The maximum absolute atomic E-state index is 12.7. The van der Waals surface area contributed by atoms with Gasteiger partial charge in [-0.15, -0.1) is 0 Å². The number of benzene rings is 2. The Morgan fingerprint density at radius 3 is 2.34 bits per heavy atom. The molecule has 1 saturated heterocycles. The summed E-state index contributed by atoms with van der Waals surface area (Å²) in [5.74, 6) is -0.00929. The second kappa shape index (κ2) is 13.3. The number of carbonyl (C=O) groups is 2. The molecule has 2 aromatic rings. The Morgan fingerprint density at radius 1 is 1.05 bits per heavy atom. The summed E-state index contributed by atoms with van der Waals surface area (Å²) >= 11 is 0. The van der Waals surface area contributed by atoms with E-state index in [1.807, 2.05) is 58.9 Å². The number of hydrogen-bond donors (Lipinski definition) is 1. The second-order valence-corrected chi connectivity index (χ2v) is 11.0. The molecule has 3 rings (SSSR count). The highest BCUT2D eigenvalue weighted by Gasteiger charge is 2.27. The average Bonchev–Trinajstić information content (AvgIpc) is 2.89. The Balaban J connectivity index is 1.79. The van der Waals surface area contributed by atoms with Gasteiger partial charge in [0.2, 0.25) is 5.91 Å². The van der Waals surface area contributed by atoms with E-state index in [-0.39, 0.29) is 31.1 Å². The average molecular weight is 521 g/mol. The third-order valence-electron chi connectivity index (χ3n) is 6.23. The molecule has 1 N–H and O–H groups in total. The largest absolute Gasteiger partial charge is 0.444 e. The van der Waals surface area contributed by atoms with Crippen LogP contribution in [0.15, 0.2) is 48.5 Å². The molecule has 1 unspecified atom stereocenters. The van der Waals surface area contributed by atoms with Crippen molar-refractivity contribution < 1.29 is 19.1 Å². The lowest BCUT2D eigenvalue weighted by Crippen LogP contribution is -2.50. The zero-order valence-corrected chi connectivity index (χ0v) is 23.2. The summed E-state index contributed by atoms with van der Waals surface area (Å²) in [6.07, 6.45) is -0.367. The van der Waals surface area contributed by atoms with Crippen molar-refractivity contribution in [1.82, 2.24) is 10.2 Å². The first-order valence-corrected chi connectivity index (χ1v) is 13.2. The minimum atomic E-state index is -0.645. The van der Waals surface area contributed by atoms with Crippen LogP contribution < -0.4 is 10.2 Å². The van der Waals surface area contributed by atoms with Crippen molar-refractivity contribution in [1.29, 1.82) is 5.26 Å². The first-order chi connectivity index (χ1) is 18.1. The lowest BCUT2D eigenvalue weighted by molar-refractivity contribution is -0.134. The molecule has 1 fully saturated rings. The molecule has 0 aromatic heterocycles. The predicted octanol–water partition coefficient (Wildman–Crippen LogP) is 4.98. The monoisotopic (exact) mass is 520 g/mol. The topological polar surface area (TPSA) is 94.9 Å². The Morgan fingerprint density at radius 2 is 1.74 bits per heavy atom. The lowest BCUT2D eigenvalue weighted by atomic mass is 9.98. The van der Waals surface area contributed by atoms with Gasteiger partial charge in [-0.05, 0) is 61.9 Å². The highest BCUT2D eigenvalue weighted by molar-refractivity contribution is 5.81. The molecule has 8 heteroatoms. The number of amides is 2. The zero-order valence-electron chi connectivity index (χ0n) is 23.2. The van der Waals surface area contributed by atoms with Crippen LogP contribution in [0.25, 0.3) is 11.1 Å². The van der Waals surface area contributed by atoms with E-state index in [0.29, 0.717) is 32.6 Å². The number of anilines is 1. The van der Waals surface area contributed by atoms with Crippen LogP contribution in [0, 0.1) is 17.2 Å². The van der Waals surface area contributed by atoms with E-state index in [0.717, 1.165) is 22.4 Å². The molecular weight excluding hydrogens is 480 g/mol. The quantitative estimate of drug-likeness (QED) is 0.469. The smallest absolute Gasteiger partial charge is 0.410 e. The van der Waals surface area contributed by atoms with Gasteiger partial charge >= 0.3 is 6.09 Å². The van der Waals surface area contributed by atoms with E-state index in [4.69, 9.17) is 14.7 Å². The Hall–Kier alpha value is -3.57. The van der Waals surface area contributed by atoms with E-state index in [1.54, 1.807) is 4.90 Å². The summed E-state index contributed by atoms with van der Waals surface area (Å²) in [4.78, 5) is 29.1. The second-order valence-electron chi connectivity index (χ2n) is 11.0. The molecule has 0 spiro atoms. The minimum absolute atomic E-state index is 0.0448. The standard InChI is InChI=1S/C30H40N4O4/c1-22(2)19-27(28(35)32-14-13-31)37-21-24-20-25(11-12-26(24)23-9-7-6-8-10-23)33-15-17-34(18-16-33)29(36)38-30(3,4)5/h6-12,20,22,27H,14-19,21H2,1-5H3,(H,32,35). The summed E-state index contributed by atoms with van der Waals surface area (Å²) in [6.45, 7) is 12.5. The maximum atomic E-state index is 12.7. The number of nitrogens with zero attached hydrogens (tertiary/aromatic N) is 3. The molecule has 2 aromatic carbocycles. The van der Waals surface area contributed by atoms with Crippen LogP contribution in [0.3, 0.4) is 0 Å². The van der Waals surface area contributed by atoms with Gasteiger partial charge in [0.15, 0.2) is 0 Å². The van der Waals surface area contributed by atoms with E-state index in [9.17, 15) is 9.59 Å². The molecule has 1 heterocycles. The van der Waals surface area contributed by atoms with Crippen molar-refractivity contribution in [3.8, 4) is 17.2 Å². The number of piperazine rings is 1. The summed E-state index contributed by atoms with van der Waals surface area (Å²) in [5, 5.41) is 11.5. The van der Waals surface area contributed by atoms with Gasteiger partial charge in [0.1, 0.15) is 18.2 Å². The highest BCUT2D eigenvalue weighted by Crippen LogP contribution is 2.30. The van der Waals surface area contributed by atoms with Crippen molar-refractivity contribution in [2.45, 2.75) is 59.4 Å². The number of hydrogen-bond acceptors (Lipinski definition) is 6. The third kappa shape index (κ3) is 8.49. The molecular formula is C30H40N4O4. The molecule has 1 aliphatic rings. The number of nitriles is 1. The van der Waals surface area contributed by atoms with Gasteiger partial charge in [-0.3, -0.25) is 4.79 Å². The van der Waals surface area contributed by atoms with Gasteiger partial charge in [0.25, 0.3) is 0 Å². The maximum Gasteiger partial charge on any atom is 0.410 e. The molecule has 1 aliphatic heterocycles. The zero-order chi connectivity index (χ0) is 27.7. The van der Waals surface area contributed by atoms with Crippen LogP contribution in [-0.4, -0.2) is 61.3 Å². The fraction of sp³-hybridized carbons (Fsp3) is 0.500. The van der Waals surface area contributed by atoms with Crippen molar-refractivity contribution in [3.63, 3.8) is 0 Å². The molecule has 8 nitrogen and oxygen atoms in total. The Kier molecular flexibility index (Phi) is 10.1. The molecule has 0 aliphatic carbocycles. The number of rotatable bonds is 9. The summed E-state index contributed by atoms with van der Waals surface area (Å²) in [5.41, 5.74) is 3.62. The van der Waals surface area contributed by atoms with Crippen LogP contribution in [0.1, 0.15) is 46.6 Å². The SMILES string of the molecule is CC(C)CC(OCc1cc(N2CCN(C(=O)OC(C)(C)C)CC2)ccc1-c1ccccc1)C(=O)NCC#N. The molecule has 1 atom stereocenters. The Bertz CT molecular complexity index is 1110. The van der Waals surface area contributed by atoms with Crippen molar-refractivity contribution in [2.75, 3.05) is 37.6 Å². The fourth-order valence-electron chi connectivity index (χ4n) is 4.38. The van der Waals surface area contributed by atoms with Gasteiger partial charge in [0, 0.05) is 31.9 Å². The molecule has 2 amide bonds. The summed E-state index contributed by atoms with van der Waals surface area (Å²) < 4.78 is 11.7. The van der Waals surface area contributed by atoms with E-state index in [1.165, 1.54) is 0 Å². The van der Waals surface area contributed by atoms with Gasteiger partial charge in [-0.2, -0.15) is 5.26 Å². The van der Waals surface area contributed by atoms with Gasteiger partial charge in [-0.25, -0.2) is 4.79 Å². The van der Waals surface area contributed by atoms with Gasteiger partial charge in [-0.1, -0.05) is 50.2 Å². The molecule has 0 saturated carbocycles. The number of ether oxygens (including phenoxy) is 2. The molecule has 0 radical (unpaired) electrons. The molecule has 204 valence electrons.